The van der Waals surface area contributed by atoms with Gasteiger partial charge >= 0.3 is 11.9 Å². The third-order valence-corrected chi connectivity index (χ3v) is 3.63. The summed E-state index contributed by atoms with van der Waals surface area (Å²) in [5.74, 6) is -0.779. The predicted molar refractivity (Wildman–Crippen MR) is 97.1 cm³/mol. The molecule has 0 unspecified atom stereocenters. The summed E-state index contributed by atoms with van der Waals surface area (Å²) in [6.07, 6.45) is 0.836. The monoisotopic (exact) mass is 366 g/mol. The van der Waals surface area contributed by atoms with Crippen LogP contribution >= 0.6 is 25.3 Å². The summed E-state index contributed by atoms with van der Waals surface area (Å²) in [7, 11) is 0. The summed E-state index contributed by atoms with van der Waals surface area (Å²) in [5.41, 5.74) is -0.785. The molecule has 5 nitrogen and oxygen atoms in total. The summed E-state index contributed by atoms with van der Waals surface area (Å²) in [6, 6.07) is 0. The molecule has 0 saturated carbocycles. The van der Waals surface area contributed by atoms with Crippen LogP contribution in [0.2, 0.25) is 0 Å². The van der Waals surface area contributed by atoms with Crippen molar-refractivity contribution in [1.82, 2.24) is 0 Å². The molecular weight excluding hydrogens is 336 g/mol. The summed E-state index contributed by atoms with van der Waals surface area (Å²) in [4.78, 5) is 23.6. The van der Waals surface area contributed by atoms with Crippen molar-refractivity contribution in [3.05, 3.63) is 0 Å². The Bertz CT molecular complexity index is 358. The van der Waals surface area contributed by atoms with Gasteiger partial charge in [-0.2, -0.15) is 25.3 Å². The van der Waals surface area contributed by atoms with Gasteiger partial charge in [0.2, 0.25) is 0 Å². The van der Waals surface area contributed by atoms with E-state index < -0.39 is 14.9 Å². The van der Waals surface area contributed by atoms with Crippen LogP contribution in [-0.4, -0.2) is 46.4 Å². The number of rotatable bonds is 10. The number of carbonyl (C=O) groups is 2. The van der Waals surface area contributed by atoms with E-state index in [-0.39, 0.29) is 44.6 Å². The standard InChI is InChI=1S/C16H30O5S2/c1-6-16(9-17,10-20-12(18)7-14(2,3)22)11-21-13(19)8-15(4,5)23/h17,22-23H,6-11H2,1-5H3. The van der Waals surface area contributed by atoms with Gasteiger partial charge in [-0.25, -0.2) is 0 Å². The summed E-state index contributed by atoms with van der Waals surface area (Å²) < 4.78 is 9.56. The molecule has 0 amide bonds. The van der Waals surface area contributed by atoms with Gasteiger partial charge in [-0.15, -0.1) is 0 Å². The van der Waals surface area contributed by atoms with Gasteiger partial charge in [-0.1, -0.05) is 34.6 Å². The highest BCUT2D eigenvalue weighted by molar-refractivity contribution is 7.82. The van der Waals surface area contributed by atoms with Crippen molar-refractivity contribution < 1.29 is 24.2 Å². The Morgan fingerprint density at radius 2 is 1.26 bits per heavy atom. The third-order valence-electron chi connectivity index (χ3n) is 3.32. The highest BCUT2D eigenvalue weighted by atomic mass is 32.1. The molecule has 0 aromatic heterocycles. The van der Waals surface area contributed by atoms with Crippen LogP contribution in [0.5, 0.6) is 0 Å². The van der Waals surface area contributed by atoms with Gasteiger partial charge < -0.3 is 14.6 Å². The van der Waals surface area contributed by atoms with Crippen molar-refractivity contribution in [3.8, 4) is 0 Å². The lowest BCUT2D eigenvalue weighted by Crippen LogP contribution is -2.38. The number of aliphatic hydroxyl groups is 1. The van der Waals surface area contributed by atoms with Gasteiger partial charge in [0, 0.05) is 9.49 Å². The molecule has 0 fully saturated rings. The Kier molecular flexibility index (Phi) is 9.02. The van der Waals surface area contributed by atoms with Gasteiger partial charge in [0.05, 0.1) is 24.9 Å². The lowest BCUT2D eigenvalue weighted by Gasteiger charge is -2.30. The van der Waals surface area contributed by atoms with Crippen LogP contribution in [0.3, 0.4) is 0 Å². The van der Waals surface area contributed by atoms with Crippen molar-refractivity contribution in [2.45, 2.75) is 63.4 Å². The first-order valence-corrected chi connectivity index (χ1v) is 8.59. The van der Waals surface area contributed by atoms with E-state index in [0.29, 0.717) is 6.42 Å². The zero-order valence-electron chi connectivity index (χ0n) is 14.7. The molecule has 0 aromatic rings. The van der Waals surface area contributed by atoms with E-state index in [1.165, 1.54) is 0 Å². The van der Waals surface area contributed by atoms with Crippen LogP contribution in [0.1, 0.15) is 53.9 Å². The highest BCUT2D eigenvalue weighted by Gasteiger charge is 2.32. The molecule has 0 atom stereocenters. The Morgan fingerprint density at radius 3 is 1.48 bits per heavy atom. The Hall–Kier alpha value is -0.400. The van der Waals surface area contributed by atoms with E-state index in [2.05, 4.69) is 25.3 Å². The minimum atomic E-state index is -0.785. The second-order valence-corrected chi connectivity index (χ2v) is 9.73. The molecule has 0 radical (unpaired) electrons. The van der Waals surface area contributed by atoms with E-state index in [9.17, 15) is 14.7 Å². The lowest BCUT2D eigenvalue weighted by molar-refractivity contribution is -0.157. The number of esters is 2. The Morgan fingerprint density at radius 1 is 0.913 bits per heavy atom. The van der Waals surface area contributed by atoms with Crippen LogP contribution in [0.4, 0.5) is 0 Å². The lowest BCUT2D eigenvalue weighted by atomic mass is 9.88. The molecule has 0 heterocycles. The second-order valence-electron chi connectivity index (χ2n) is 7.31. The van der Waals surface area contributed by atoms with Crippen LogP contribution in [0, 0.1) is 5.41 Å². The van der Waals surface area contributed by atoms with Crippen LogP contribution in [0.15, 0.2) is 0 Å². The SMILES string of the molecule is CCC(CO)(COC(=O)CC(C)(C)S)COC(=O)CC(C)(C)S. The fourth-order valence-corrected chi connectivity index (χ4v) is 1.98. The van der Waals surface area contributed by atoms with Crippen molar-refractivity contribution in [3.63, 3.8) is 0 Å². The molecule has 23 heavy (non-hydrogen) atoms. The van der Waals surface area contributed by atoms with Gasteiger partial charge in [-0.3, -0.25) is 9.59 Å². The first-order valence-electron chi connectivity index (χ1n) is 7.69. The van der Waals surface area contributed by atoms with Crippen molar-refractivity contribution in [2.24, 2.45) is 5.41 Å². The van der Waals surface area contributed by atoms with Gasteiger partial charge in [0.1, 0.15) is 13.2 Å². The quantitative estimate of drug-likeness (QED) is 0.409. The smallest absolute Gasteiger partial charge is 0.307 e. The second kappa shape index (κ2) is 9.18. The zero-order valence-corrected chi connectivity index (χ0v) is 16.5. The van der Waals surface area contributed by atoms with Gasteiger partial charge in [-0.05, 0) is 6.42 Å². The minimum Gasteiger partial charge on any atom is -0.465 e. The maximum Gasteiger partial charge on any atom is 0.307 e. The zero-order chi connectivity index (χ0) is 18.3. The van der Waals surface area contributed by atoms with E-state index in [1.54, 1.807) is 0 Å². The number of carbonyl (C=O) groups excluding carboxylic acids is 2. The van der Waals surface area contributed by atoms with E-state index >= 15 is 0 Å². The number of thiol groups is 2. The highest BCUT2D eigenvalue weighted by Crippen LogP contribution is 2.25. The summed E-state index contributed by atoms with van der Waals surface area (Å²) in [5, 5.41) is 9.65. The van der Waals surface area contributed by atoms with Gasteiger partial charge in [0.25, 0.3) is 0 Å². The molecule has 136 valence electrons. The number of hydrogen-bond acceptors (Lipinski definition) is 7. The first kappa shape index (κ1) is 22.6. The topological polar surface area (TPSA) is 72.8 Å². The maximum absolute atomic E-state index is 11.8. The molecule has 0 rings (SSSR count). The molecule has 7 heteroatoms. The van der Waals surface area contributed by atoms with Crippen molar-refractivity contribution in [1.29, 1.82) is 0 Å². The Balaban J connectivity index is 4.57. The average Bonchev–Trinajstić information content (AvgIpc) is 2.36. The normalized spacial score (nSPS) is 12.9. The van der Waals surface area contributed by atoms with E-state index in [1.807, 2.05) is 34.6 Å². The van der Waals surface area contributed by atoms with Crippen LogP contribution in [0.25, 0.3) is 0 Å². The van der Waals surface area contributed by atoms with E-state index in [4.69, 9.17) is 9.47 Å². The third kappa shape index (κ3) is 10.9. The number of ether oxygens (including phenoxy) is 2. The molecule has 0 bridgehead atoms. The molecule has 0 aliphatic heterocycles. The van der Waals surface area contributed by atoms with Crippen LogP contribution < -0.4 is 0 Å². The summed E-state index contributed by atoms with van der Waals surface area (Å²) in [6.45, 7) is 8.88. The Labute approximate surface area is 150 Å². The molecule has 0 aliphatic rings. The van der Waals surface area contributed by atoms with Crippen LogP contribution in [-0.2, 0) is 19.1 Å². The first-order chi connectivity index (χ1) is 10.3. The van der Waals surface area contributed by atoms with Crippen molar-refractivity contribution >= 4 is 37.2 Å². The number of hydrogen-bond donors (Lipinski definition) is 3. The van der Waals surface area contributed by atoms with Gasteiger partial charge in [0.15, 0.2) is 0 Å². The molecular formula is C16H30O5S2. The average molecular weight is 367 g/mol. The fourth-order valence-electron chi connectivity index (χ4n) is 1.72. The molecule has 0 saturated heterocycles. The van der Waals surface area contributed by atoms with Crippen molar-refractivity contribution in [2.75, 3.05) is 19.8 Å². The number of aliphatic hydroxyl groups excluding tert-OH is 1. The maximum atomic E-state index is 11.8. The van der Waals surface area contributed by atoms with E-state index in [0.717, 1.165) is 0 Å². The molecule has 0 aliphatic carbocycles. The molecule has 0 spiro atoms. The minimum absolute atomic E-state index is 0.000237. The fraction of sp³-hybridized carbons (Fsp3) is 0.875. The molecule has 1 N–H and O–H groups in total. The predicted octanol–water partition coefficient (Wildman–Crippen LogP) is 2.66. The largest absolute Gasteiger partial charge is 0.465 e. The summed E-state index contributed by atoms with van der Waals surface area (Å²) >= 11 is 8.57. The molecule has 0 aromatic carbocycles.